The summed E-state index contributed by atoms with van der Waals surface area (Å²) in [6, 6.07) is 11.5. The van der Waals surface area contributed by atoms with Crippen LogP contribution in [0.2, 0.25) is 0 Å². The van der Waals surface area contributed by atoms with Gasteiger partial charge in [-0.3, -0.25) is 9.69 Å². The molecule has 0 spiro atoms. The number of nitrogens with one attached hydrogen (secondary N) is 2. The average molecular weight is 685 g/mol. The molecule has 5 rings (SSSR count). The molecule has 2 N–H and O–H groups in total. The number of benzene rings is 2. The van der Waals surface area contributed by atoms with Gasteiger partial charge < -0.3 is 29.9 Å². The van der Waals surface area contributed by atoms with Gasteiger partial charge in [0.2, 0.25) is 5.91 Å². The van der Waals surface area contributed by atoms with Gasteiger partial charge in [-0.2, -0.15) is 13.2 Å². The fraction of sp³-hybridized carbons (Fsp3) is 0.486. The summed E-state index contributed by atoms with van der Waals surface area (Å²) in [7, 11) is 0. The zero-order valence-electron chi connectivity index (χ0n) is 28.6. The summed E-state index contributed by atoms with van der Waals surface area (Å²) in [6.07, 6.45) is -4.65. The van der Waals surface area contributed by atoms with Gasteiger partial charge in [-0.05, 0) is 103 Å². The number of piperazine rings is 1. The second kappa shape index (κ2) is 13.6. The number of fused-ring (bicyclic) bond motifs is 1. The first kappa shape index (κ1) is 35.6. The van der Waals surface area contributed by atoms with Crippen LogP contribution in [0.3, 0.4) is 0 Å². The van der Waals surface area contributed by atoms with Gasteiger partial charge in [-0.1, -0.05) is 0 Å². The zero-order chi connectivity index (χ0) is 35.7. The highest BCUT2D eigenvalue weighted by atomic mass is 19.4. The zero-order valence-corrected chi connectivity index (χ0v) is 28.6. The maximum absolute atomic E-state index is 14.3. The number of hydrogen-bond acceptors (Lipinski definition) is 8. The van der Waals surface area contributed by atoms with Crippen molar-refractivity contribution in [2.24, 2.45) is 0 Å². The number of likely N-dealkylation sites (tertiary alicyclic amines) is 1. The molecule has 0 radical (unpaired) electrons. The topological polar surface area (TPSA) is 116 Å². The van der Waals surface area contributed by atoms with Gasteiger partial charge in [0.15, 0.2) is 0 Å². The van der Waals surface area contributed by atoms with Crippen molar-refractivity contribution in [2.75, 3.05) is 48.3 Å². The summed E-state index contributed by atoms with van der Waals surface area (Å²) in [5.41, 5.74) is -0.507. The molecule has 14 heteroatoms. The number of halogens is 3. The second-order valence-electron chi connectivity index (χ2n) is 14.2. The Morgan fingerprint density at radius 2 is 1.41 bits per heavy atom. The number of nitrogens with zero attached hydrogens (tertiary/aromatic N) is 4. The first-order valence-corrected chi connectivity index (χ1v) is 16.3. The number of carbonyl (C=O) groups excluding carboxylic acids is 3. The van der Waals surface area contributed by atoms with Crippen molar-refractivity contribution in [2.45, 2.75) is 77.8 Å². The summed E-state index contributed by atoms with van der Waals surface area (Å²) in [6.45, 7) is 13.3. The number of rotatable bonds is 5. The van der Waals surface area contributed by atoms with Crippen LogP contribution >= 0.6 is 0 Å². The van der Waals surface area contributed by atoms with Gasteiger partial charge in [-0.25, -0.2) is 14.6 Å². The van der Waals surface area contributed by atoms with Crippen LogP contribution in [0.5, 0.6) is 0 Å². The summed E-state index contributed by atoms with van der Waals surface area (Å²) in [4.78, 5) is 47.7. The lowest BCUT2D eigenvalue weighted by molar-refractivity contribution is -0.136. The molecule has 2 aliphatic heterocycles. The van der Waals surface area contributed by atoms with Gasteiger partial charge in [0, 0.05) is 55.2 Å². The highest BCUT2D eigenvalue weighted by Crippen LogP contribution is 2.37. The Balaban J connectivity index is 1.27. The van der Waals surface area contributed by atoms with Crippen molar-refractivity contribution in [3.05, 3.63) is 54.1 Å². The molecule has 2 saturated heterocycles. The van der Waals surface area contributed by atoms with E-state index in [0.29, 0.717) is 51.3 Å². The highest BCUT2D eigenvalue weighted by molar-refractivity contribution is 5.99. The molecule has 2 aromatic carbocycles. The van der Waals surface area contributed by atoms with E-state index in [9.17, 15) is 27.6 Å². The smallest absolute Gasteiger partial charge is 0.417 e. The van der Waals surface area contributed by atoms with Crippen molar-refractivity contribution in [3.8, 4) is 0 Å². The summed E-state index contributed by atoms with van der Waals surface area (Å²) in [5, 5.41) is 5.48. The fourth-order valence-electron chi connectivity index (χ4n) is 5.78. The molecule has 11 nitrogen and oxygen atoms in total. The van der Waals surface area contributed by atoms with Crippen LogP contribution in [-0.4, -0.2) is 82.8 Å². The van der Waals surface area contributed by atoms with Crippen LogP contribution in [0, 0.1) is 0 Å². The number of hydrogen-bond donors (Lipinski definition) is 2. The molecule has 0 unspecified atom stereocenters. The lowest BCUT2D eigenvalue weighted by atomic mass is 10.1. The Bertz CT molecular complexity index is 1690. The molecule has 3 amide bonds. The van der Waals surface area contributed by atoms with E-state index in [2.05, 4.69) is 20.5 Å². The van der Waals surface area contributed by atoms with Crippen molar-refractivity contribution in [3.63, 3.8) is 0 Å². The van der Waals surface area contributed by atoms with Crippen LogP contribution in [-0.2, 0) is 20.4 Å². The molecule has 1 atom stereocenters. The first-order valence-electron chi connectivity index (χ1n) is 16.3. The van der Waals surface area contributed by atoms with Crippen LogP contribution in [0.1, 0.15) is 59.9 Å². The van der Waals surface area contributed by atoms with Crippen molar-refractivity contribution < 1.29 is 37.0 Å². The summed E-state index contributed by atoms with van der Waals surface area (Å²) in [5.74, 6) is -0.495. The number of ether oxygens (including phenoxy) is 2. The number of alkyl halides is 3. The SMILES string of the molecule is CC(C)(C)OC(=O)N1CCN(c2ccc(Nc3cc(C(F)(F)F)c4cc(NC(=O)[C@@H]5CCCN5C(=O)OC(C)(C)C)ccc4n3)cc2)CC1. The van der Waals surface area contributed by atoms with Gasteiger partial charge >= 0.3 is 18.4 Å². The number of aromatic nitrogens is 1. The molecule has 0 saturated carbocycles. The van der Waals surface area contributed by atoms with E-state index in [1.165, 1.54) is 23.1 Å². The minimum absolute atomic E-state index is 0.00861. The third-order valence-electron chi connectivity index (χ3n) is 8.00. The Hall–Kier alpha value is -4.75. The minimum atomic E-state index is -4.70. The van der Waals surface area contributed by atoms with Crippen LogP contribution < -0.4 is 15.5 Å². The van der Waals surface area contributed by atoms with E-state index < -0.39 is 41.0 Å². The molecule has 3 aromatic rings. The van der Waals surface area contributed by atoms with Crippen molar-refractivity contribution in [1.82, 2.24) is 14.8 Å². The normalized spacial score (nSPS) is 17.2. The van der Waals surface area contributed by atoms with E-state index in [-0.39, 0.29) is 28.5 Å². The third-order valence-corrected chi connectivity index (χ3v) is 8.00. The fourth-order valence-corrected chi connectivity index (χ4v) is 5.78. The summed E-state index contributed by atoms with van der Waals surface area (Å²) >= 11 is 0. The monoisotopic (exact) mass is 684 g/mol. The van der Waals surface area contributed by atoms with Gasteiger partial charge in [0.1, 0.15) is 23.1 Å². The highest BCUT2D eigenvalue weighted by Gasteiger charge is 2.37. The second-order valence-corrected chi connectivity index (χ2v) is 14.2. The molecule has 2 aliphatic rings. The predicted molar refractivity (Wildman–Crippen MR) is 181 cm³/mol. The lowest BCUT2D eigenvalue weighted by Crippen LogP contribution is -2.50. The molecule has 49 heavy (non-hydrogen) atoms. The van der Waals surface area contributed by atoms with Gasteiger partial charge in [0.05, 0.1) is 11.1 Å². The number of amides is 3. The van der Waals surface area contributed by atoms with E-state index in [1.54, 1.807) is 37.8 Å². The van der Waals surface area contributed by atoms with E-state index in [1.807, 2.05) is 32.9 Å². The van der Waals surface area contributed by atoms with Gasteiger partial charge in [0.25, 0.3) is 0 Å². The standard InChI is InChI=1S/C35H43F3N6O5/c1-33(2,3)48-31(46)43-18-16-42(17-19-43)24-12-9-22(10-13-24)39-29-21-26(35(36,37)38)25-20-23(11-14-27(25)41-29)40-30(45)28-8-7-15-44(28)32(47)49-34(4,5)6/h9-14,20-21,28H,7-8,15-19H2,1-6H3,(H,39,41)(H,40,45)/t28-/m0/s1. The van der Waals surface area contributed by atoms with Crippen molar-refractivity contribution in [1.29, 1.82) is 0 Å². The molecular weight excluding hydrogens is 641 g/mol. The molecule has 2 fully saturated rings. The Morgan fingerprint density at radius 3 is 2.02 bits per heavy atom. The quantitative estimate of drug-likeness (QED) is 0.286. The maximum atomic E-state index is 14.3. The van der Waals surface area contributed by atoms with Crippen LogP contribution in [0.4, 0.5) is 45.6 Å². The molecule has 1 aromatic heterocycles. The number of anilines is 4. The Kier molecular flexibility index (Phi) is 9.89. The average Bonchev–Trinajstić information content (AvgIpc) is 3.50. The molecule has 3 heterocycles. The van der Waals surface area contributed by atoms with Gasteiger partial charge in [-0.15, -0.1) is 0 Å². The lowest BCUT2D eigenvalue weighted by Gasteiger charge is -2.36. The third kappa shape index (κ3) is 9.04. The molecule has 0 bridgehead atoms. The maximum Gasteiger partial charge on any atom is 0.417 e. The molecule has 0 aliphatic carbocycles. The Labute approximate surface area is 283 Å². The minimum Gasteiger partial charge on any atom is -0.444 e. The molecule has 264 valence electrons. The largest absolute Gasteiger partial charge is 0.444 e. The van der Waals surface area contributed by atoms with E-state index in [4.69, 9.17) is 9.47 Å². The predicted octanol–water partition coefficient (Wildman–Crippen LogP) is 7.39. The van der Waals surface area contributed by atoms with Crippen LogP contribution in [0.15, 0.2) is 48.5 Å². The number of pyridine rings is 1. The van der Waals surface area contributed by atoms with E-state index in [0.717, 1.165) is 11.8 Å². The number of carbonyl (C=O) groups is 3. The first-order chi connectivity index (χ1) is 22.9. The molecular formula is C35H43F3N6O5. The van der Waals surface area contributed by atoms with Crippen molar-refractivity contribution >= 4 is 51.9 Å². The van der Waals surface area contributed by atoms with E-state index >= 15 is 0 Å². The summed E-state index contributed by atoms with van der Waals surface area (Å²) < 4.78 is 53.9. The Morgan fingerprint density at radius 1 is 0.796 bits per heavy atom. The van der Waals surface area contributed by atoms with Crippen LogP contribution in [0.25, 0.3) is 10.9 Å².